The zero-order valence-corrected chi connectivity index (χ0v) is 9.59. The van der Waals surface area contributed by atoms with Crippen molar-refractivity contribution in [1.29, 1.82) is 0 Å². The van der Waals surface area contributed by atoms with Gasteiger partial charge in [-0.05, 0) is 19.1 Å². The van der Waals surface area contributed by atoms with E-state index < -0.39 is 0 Å². The van der Waals surface area contributed by atoms with Crippen LogP contribution in [0.15, 0.2) is 22.8 Å². The number of carbonyl (C=O) groups excluding carboxylic acids is 2. The summed E-state index contributed by atoms with van der Waals surface area (Å²) in [4.78, 5) is 25.3. The van der Waals surface area contributed by atoms with E-state index in [0.29, 0.717) is 21.0 Å². The number of halogens is 1. The van der Waals surface area contributed by atoms with E-state index in [1.54, 1.807) is 12.3 Å². The molecule has 0 unspecified atom stereocenters. The van der Waals surface area contributed by atoms with Gasteiger partial charge in [-0.2, -0.15) is 0 Å². The van der Waals surface area contributed by atoms with Gasteiger partial charge in [0, 0.05) is 32.7 Å². The predicted molar refractivity (Wildman–Crippen MR) is 61.4 cm³/mol. The Morgan fingerprint density at radius 2 is 2.20 bits per heavy atom. The third-order valence-electron chi connectivity index (χ3n) is 2.31. The minimum absolute atomic E-state index is 0.0600. The summed E-state index contributed by atoms with van der Waals surface area (Å²) in [6.45, 7) is 1.49. The van der Waals surface area contributed by atoms with Crippen LogP contribution in [0.25, 0.3) is 10.9 Å². The van der Waals surface area contributed by atoms with Gasteiger partial charge in [0.1, 0.15) is 0 Å². The molecule has 0 amide bonds. The van der Waals surface area contributed by atoms with Gasteiger partial charge in [-0.25, -0.2) is 0 Å². The number of nitrogens with one attached hydrogen (secondary N) is 1. The summed E-state index contributed by atoms with van der Waals surface area (Å²) >= 11 is 3.32. The number of ketones is 1. The Balaban J connectivity index is 2.95. The lowest BCUT2D eigenvalue weighted by Gasteiger charge is -2.02. The Hall–Kier alpha value is -1.42. The van der Waals surface area contributed by atoms with Gasteiger partial charge < -0.3 is 4.98 Å². The van der Waals surface area contributed by atoms with E-state index in [2.05, 4.69) is 20.9 Å². The summed E-state index contributed by atoms with van der Waals surface area (Å²) < 4.78 is 0.713. The lowest BCUT2D eigenvalue weighted by atomic mass is 10.0. The predicted octanol–water partition coefficient (Wildman–Crippen LogP) is 2.95. The number of H-pyrrole nitrogens is 1. The highest BCUT2D eigenvalue weighted by atomic mass is 79.9. The van der Waals surface area contributed by atoms with Crippen LogP contribution < -0.4 is 0 Å². The van der Waals surface area contributed by atoms with Crippen molar-refractivity contribution >= 4 is 38.9 Å². The number of carbonyl (C=O) groups is 2. The van der Waals surface area contributed by atoms with Crippen molar-refractivity contribution in [3.63, 3.8) is 0 Å². The van der Waals surface area contributed by atoms with Gasteiger partial charge in [0.05, 0.1) is 0 Å². The molecule has 1 aromatic carbocycles. The van der Waals surface area contributed by atoms with E-state index in [1.165, 1.54) is 6.92 Å². The lowest BCUT2D eigenvalue weighted by Crippen LogP contribution is -1.96. The van der Waals surface area contributed by atoms with Gasteiger partial charge in [-0.1, -0.05) is 15.9 Å². The smallest absolute Gasteiger partial charge is 0.161 e. The van der Waals surface area contributed by atoms with Crippen LogP contribution in [0.4, 0.5) is 0 Å². The molecule has 1 N–H and O–H groups in total. The molecule has 15 heavy (non-hydrogen) atoms. The molecule has 1 heterocycles. The molecule has 1 aromatic heterocycles. The Morgan fingerprint density at radius 1 is 1.47 bits per heavy atom. The Bertz CT molecular complexity index is 557. The molecule has 4 heteroatoms. The van der Waals surface area contributed by atoms with Crippen molar-refractivity contribution in [2.45, 2.75) is 6.92 Å². The molecular weight excluding hydrogens is 258 g/mol. The average molecular weight is 266 g/mol. The molecular formula is C11H8BrNO2. The molecule has 0 saturated carbocycles. The molecule has 0 bridgehead atoms. The van der Waals surface area contributed by atoms with Crippen molar-refractivity contribution in [3.8, 4) is 0 Å². The second-order valence-electron chi connectivity index (χ2n) is 3.26. The first-order valence-corrected chi connectivity index (χ1v) is 5.20. The first-order valence-electron chi connectivity index (χ1n) is 4.41. The quantitative estimate of drug-likeness (QED) is 0.671. The van der Waals surface area contributed by atoms with Gasteiger partial charge in [-0.15, -0.1) is 0 Å². The minimum Gasteiger partial charge on any atom is -0.360 e. The number of hydrogen-bond acceptors (Lipinski definition) is 2. The number of hydrogen-bond donors (Lipinski definition) is 1. The fraction of sp³-hybridized carbons (Fsp3) is 0.0909. The van der Waals surface area contributed by atoms with Crippen molar-refractivity contribution in [2.75, 3.05) is 0 Å². The first-order chi connectivity index (χ1) is 7.15. The van der Waals surface area contributed by atoms with Gasteiger partial charge in [0.25, 0.3) is 0 Å². The molecule has 0 aliphatic carbocycles. The summed E-state index contributed by atoms with van der Waals surface area (Å²) in [5, 5.41) is 0.687. The Morgan fingerprint density at radius 3 is 2.80 bits per heavy atom. The largest absolute Gasteiger partial charge is 0.360 e. The normalized spacial score (nSPS) is 10.5. The fourth-order valence-corrected chi connectivity index (χ4v) is 2.27. The van der Waals surface area contributed by atoms with E-state index in [9.17, 15) is 9.59 Å². The summed E-state index contributed by atoms with van der Waals surface area (Å²) in [5.41, 5.74) is 1.86. The lowest BCUT2D eigenvalue weighted by molar-refractivity contribution is 0.101. The second-order valence-corrected chi connectivity index (χ2v) is 4.12. The van der Waals surface area contributed by atoms with E-state index >= 15 is 0 Å². The highest BCUT2D eigenvalue weighted by molar-refractivity contribution is 9.10. The minimum atomic E-state index is -0.0600. The van der Waals surface area contributed by atoms with E-state index in [4.69, 9.17) is 0 Å². The number of fused-ring (bicyclic) bond motifs is 1. The van der Waals surface area contributed by atoms with Gasteiger partial charge in [0.2, 0.25) is 0 Å². The van der Waals surface area contributed by atoms with E-state index in [0.717, 1.165) is 11.8 Å². The molecule has 0 atom stereocenters. The molecule has 2 aromatic rings. The number of aldehydes is 1. The van der Waals surface area contributed by atoms with Crippen LogP contribution in [0.1, 0.15) is 27.6 Å². The van der Waals surface area contributed by atoms with Crippen LogP contribution in [0.3, 0.4) is 0 Å². The maximum Gasteiger partial charge on any atom is 0.161 e. The zero-order valence-electron chi connectivity index (χ0n) is 8.00. The molecule has 76 valence electrons. The maximum atomic E-state index is 11.5. The highest BCUT2D eigenvalue weighted by Gasteiger charge is 2.14. The summed E-state index contributed by atoms with van der Waals surface area (Å²) in [5.74, 6) is -0.0600. The SMILES string of the molecule is CC(=O)c1c(Br)ccc2[nH]cc(C=O)c12. The van der Waals surface area contributed by atoms with Crippen molar-refractivity contribution < 1.29 is 9.59 Å². The topological polar surface area (TPSA) is 49.9 Å². The monoisotopic (exact) mass is 265 g/mol. The first kappa shape index (κ1) is 10.1. The van der Waals surface area contributed by atoms with Crippen molar-refractivity contribution in [3.05, 3.63) is 33.9 Å². The zero-order chi connectivity index (χ0) is 11.0. The summed E-state index contributed by atoms with van der Waals surface area (Å²) in [6.07, 6.45) is 2.36. The molecule has 2 rings (SSSR count). The average Bonchev–Trinajstić information content (AvgIpc) is 2.59. The molecule has 0 aliphatic rings. The molecule has 0 spiro atoms. The highest BCUT2D eigenvalue weighted by Crippen LogP contribution is 2.28. The van der Waals surface area contributed by atoms with Crippen molar-refractivity contribution in [2.24, 2.45) is 0 Å². The standard InChI is InChI=1S/C11H8BrNO2/c1-6(15)10-8(12)2-3-9-11(10)7(5-14)4-13-9/h2-5,13H,1H3. The third kappa shape index (κ3) is 1.51. The molecule has 0 radical (unpaired) electrons. The van der Waals surface area contributed by atoms with Gasteiger partial charge in [-0.3, -0.25) is 9.59 Å². The summed E-state index contributed by atoms with van der Waals surface area (Å²) in [6, 6.07) is 3.63. The summed E-state index contributed by atoms with van der Waals surface area (Å²) in [7, 11) is 0. The number of Topliss-reactive ketones (excluding diaryl/α,β-unsaturated/α-hetero) is 1. The Kier molecular flexibility index (Phi) is 2.44. The fourth-order valence-electron chi connectivity index (χ4n) is 1.66. The van der Waals surface area contributed by atoms with Crippen LogP contribution in [0, 0.1) is 0 Å². The number of aromatic nitrogens is 1. The third-order valence-corrected chi connectivity index (χ3v) is 2.97. The Labute approximate surface area is 94.6 Å². The molecule has 3 nitrogen and oxygen atoms in total. The second kappa shape index (κ2) is 3.62. The number of rotatable bonds is 2. The van der Waals surface area contributed by atoms with Crippen molar-refractivity contribution in [1.82, 2.24) is 4.98 Å². The maximum absolute atomic E-state index is 11.5. The molecule has 0 aliphatic heterocycles. The molecule has 0 saturated heterocycles. The van der Waals surface area contributed by atoms with Crippen LogP contribution in [0.5, 0.6) is 0 Å². The van der Waals surface area contributed by atoms with E-state index in [1.807, 2.05) is 6.07 Å². The number of aromatic amines is 1. The van der Waals surface area contributed by atoms with Gasteiger partial charge >= 0.3 is 0 Å². The van der Waals surface area contributed by atoms with Crippen LogP contribution in [0.2, 0.25) is 0 Å². The van der Waals surface area contributed by atoms with Crippen LogP contribution in [-0.4, -0.2) is 17.1 Å². The van der Waals surface area contributed by atoms with Crippen LogP contribution in [-0.2, 0) is 0 Å². The van der Waals surface area contributed by atoms with E-state index in [-0.39, 0.29) is 5.78 Å². The molecule has 0 fully saturated rings. The van der Waals surface area contributed by atoms with Gasteiger partial charge in [0.15, 0.2) is 12.1 Å². The van der Waals surface area contributed by atoms with Crippen LogP contribution >= 0.6 is 15.9 Å². The number of benzene rings is 1.